The first-order valence-corrected chi connectivity index (χ1v) is 12.3. The minimum atomic E-state index is -0.490. The van der Waals surface area contributed by atoms with Gasteiger partial charge in [-0.3, -0.25) is 0 Å². The van der Waals surface area contributed by atoms with Crippen molar-refractivity contribution in [3.8, 4) is 17.3 Å². The summed E-state index contributed by atoms with van der Waals surface area (Å²) in [6.45, 7) is 2.24. The van der Waals surface area contributed by atoms with Gasteiger partial charge in [0.2, 0.25) is 0 Å². The fourth-order valence-electron chi connectivity index (χ4n) is 5.08. The number of anilines is 1. The standard InChI is InChI=1S/C30H26FN5O2/c1-20-24-19-35(30(37)32-25-11-6-7-13-27(25)38-2)28(21-14-16-22(31)17-15-21)26-12-8-18-34(26)29(24)36(33-20)23-9-4-3-5-10-23/h3-18,28H,19H2,1-2H3,(H,32,37)/t28-/m0/s1. The summed E-state index contributed by atoms with van der Waals surface area (Å²) in [5.41, 5.74) is 4.88. The molecule has 7 nitrogen and oxygen atoms in total. The molecule has 0 radical (unpaired) electrons. The quantitative estimate of drug-likeness (QED) is 0.312. The Hall–Kier alpha value is -4.85. The van der Waals surface area contributed by atoms with Crippen molar-refractivity contribution in [1.29, 1.82) is 0 Å². The molecule has 190 valence electrons. The van der Waals surface area contributed by atoms with Crippen molar-refractivity contribution in [2.75, 3.05) is 12.4 Å². The van der Waals surface area contributed by atoms with Crippen LogP contribution in [0.4, 0.5) is 14.9 Å². The smallest absolute Gasteiger partial charge is 0.323 e. The van der Waals surface area contributed by atoms with Crippen LogP contribution in [0.1, 0.15) is 28.6 Å². The number of nitrogens with zero attached hydrogens (tertiary/aromatic N) is 4. The SMILES string of the molecule is COc1ccccc1NC(=O)N1Cc2c(C)nn(-c3ccccc3)c2-n2cccc2[C@@H]1c1ccc(F)cc1. The Kier molecular flexibility index (Phi) is 5.92. The third kappa shape index (κ3) is 4.00. The van der Waals surface area contributed by atoms with Crippen LogP contribution in [0.15, 0.2) is 97.2 Å². The highest BCUT2D eigenvalue weighted by molar-refractivity contribution is 5.91. The van der Waals surface area contributed by atoms with Crippen LogP contribution in [0.5, 0.6) is 5.75 Å². The molecule has 0 aliphatic carbocycles. The predicted molar refractivity (Wildman–Crippen MR) is 143 cm³/mol. The zero-order valence-corrected chi connectivity index (χ0v) is 21.0. The molecule has 1 aliphatic heterocycles. The second-order valence-electron chi connectivity index (χ2n) is 9.15. The third-order valence-corrected chi connectivity index (χ3v) is 6.88. The molecule has 2 aromatic heterocycles. The Morgan fingerprint density at radius 1 is 0.974 bits per heavy atom. The second-order valence-corrected chi connectivity index (χ2v) is 9.15. The third-order valence-electron chi connectivity index (χ3n) is 6.88. The van der Waals surface area contributed by atoms with Gasteiger partial charge in [0, 0.05) is 11.8 Å². The number of aryl methyl sites for hydroxylation is 1. The molecule has 5 aromatic rings. The van der Waals surface area contributed by atoms with Crippen LogP contribution in [0.25, 0.3) is 11.5 Å². The normalized spacial score (nSPS) is 14.4. The highest BCUT2D eigenvalue weighted by Gasteiger charge is 2.36. The van der Waals surface area contributed by atoms with Gasteiger partial charge in [-0.2, -0.15) is 5.10 Å². The Morgan fingerprint density at radius 2 is 1.71 bits per heavy atom. The summed E-state index contributed by atoms with van der Waals surface area (Å²) in [5, 5.41) is 7.90. The molecule has 1 atom stereocenters. The van der Waals surface area contributed by atoms with Crippen LogP contribution in [-0.2, 0) is 6.54 Å². The highest BCUT2D eigenvalue weighted by atomic mass is 19.1. The zero-order chi connectivity index (χ0) is 26.2. The molecule has 0 saturated carbocycles. The summed E-state index contributed by atoms with van der Waals surface area (Å²) in [4.78, 5) is 15.8. The summed E-state index contributed by atoms with van der Waals surface area (Å²) in [6.07, 6.45) is 1.98. The van der Waals surface area contributed by atoms with Gasteiger partial charge in [-0.15, -0.1) is 0 Å². The molecule has 3 heterocycles. The molecule has 0 spiro atoms. The van der Waals surface area contributed by atoms with Gasteiger partial charge in [0.25, 0.3) is 0 Å². The van der Waals surface area contributed by atoms with Gasteiger partial charge in [-0.05, 0) is 61.0 Å². The first kappa shape index (κ1) is 23.5. The Labute approximate surface area is 219 Å². The molecule has 1 aliphatic rings. The molecule has 0 saturated heterocycles. The first-order chi connectivity index (χ1) is 18.5. The number of halogens is 1. The monoisotopic (exact) mass is 507 g/mol. The first-order valence-electron chi connectivity index (χ1n) is 12.3. The summed E-state index contributed by atoms with van der Waals surface area (Å²) >= 11 is 0. The van der Waals surface area contributed by atoms with Gasteiger partial charge in [-0.1, -0.05) is 42.5 Å². The van der Waals surface area contributed by atoms with E-state index in [1.807, 2.05) is 72.4 Å². The van der Waals surface area contributed by atoms with E-state index < -0.39 is 6.04 Å². The summed E-state index contributed by atoms with van der Waals surface area (Å²) in [7, 11) is 1.57. The largest absolute Gasteiger partial charge is 0.495 e. The van der Waals surface area contributed by atoms with Crippen LogP contribution < -0.4 is 10.1 Å². The van der Waals surface area contributed by atoms with E-state index in [4.69, 9.17) is 9.84 Å². The molecule has 8 heteroatoms. The topological polar surface area (TPSA) is 64.3 Å². The number of aromatic nitrogens is 3. The van der Waals surface area contributed by atoms with E-state index in [0.717, 1.165) is 34.0 Å². The average molecular weight is 508 g/mol. The Morgan fingerprint density at radius 3 is 2.47 bits per heavy atom. The number of hydrogen-bond acceptors (Lipinski definition) is 3. The maximum absolute atomic E-state index is 14.0. The van der Waals surface area contributed by atoms with Crippen molar-refractivity contribution in [2.45, 2.75) is 19.5 Å². The number of carbonyl (C=O) groups is 1. The van der Waals surface area contributed by atoms with Crippen molar-refractivity contribution in [3.05, 3.63) is 126 Å². The Balaban J connectivity index is 1.53. The molecular formula is C30H26FN5O2. The second kappa shape index (κ2) is 9.55. The molecule has 3 aromatic carbocycles. The van der Waals surface area contributed by atoms with Gasteiger partial charge in [-0.25, -0.2) is 13.9 Å². The van der Waals surface area contributed by atoms with Crippen LogP contribution >= 0.6 is 0 Å². The molecule has 1 N–H and O–H groups in total. The number of carbonyl (C=O) groups excluding carboxylic acids is 1. The van der Waals surface area contributed by atoms with E-state index in [-0.39, 0.29) is 11.8 Å². The number of nitrogens with one attached hydrogen (secondary N) is 1. The molecule has 0 unspecified atom stereocenters. The maximum Gasteiger partial charge on any atom is 0.323 e. The summed E-state index contributed by atoms with van der Waals surface area (Å²) < 4.78 is 23.4. The van der Waals surface area contributed by atoms with E-state index in [2.05, 4.69) is 9.88 Å². The molecule has 6 rings (SSSR count). The van der Waals surface area contributed by atoms with E-state index in [9.17, 15) is 9.18 Å². The minimum Gasteiger partial charge on any atom is -0.495 e. The van der Waals surface area contributed by atoms with Gasteiger partial charge in [0.05, 0.1) is 42.5 Å². The van der Waals surface area contributed by atoms with Gasteiger partial charge >= 0.3 is 6.03 Å². The number of para-hydroxylation sites is 3. The lowest BCUT2D eigenvalue weighted by atomic mass is 10.0. The van der Waals surface area contributed by atoms with Crippen molar-refractivity contribution >= 4 is 11.7 Å². The van der Waals surface area contributed by atoms with Crippen molar-refractivity contribution < 1.29 is 13.9 Å². The van der Waals surface area contributed by atoms with Crippen molar-refractivity contribution in [1.82, 2.24) is 19.2 Å². The van der Waals surface area contributed by atoms with Gasteiger partial charge in [0.15, 0.2) is 0 Å². The summed E-state index contributed by atoms with van der Waals surface area (Å²) in [6, 6.07) is 26.7. The number of hydrogen-bond donors (Lipinski definition) is 1. The number of ether oxygens (including phenoxy) is 1. The number of methoxy groups -OCH3 is 1. The van der Waals surface area contributed by atoms with Crippen LogP contribution in [0.2, 0.25) is 0 Å². The molecule has 2 amide bonds. The van der Waals surface area contributed by atoms with Gasteiger partial charge in [0.1, 0.15) is 17.4 Å². The number of benzene rings is 3. The molecule has 0 fully saturated rings. The maximum atomic E-state index is 14.0. The van der Waals surface area contributed by atoms with Crippen LogP contribution in [0, 0.1) is 12.7 Å². The van der Waals surface area contributed by atoms with Crippen LogP contribution in [-0.4, -0.2) is 32.4 Å². The predicted octanol–water partition coefficient (Wildman–Crippen LogP) is 6.26. The van der Waals surface area contributed by atoms with E-state index >= 15 is 0 Å². The number of amides is 2. The van der Waals surface area contributed by atoms with E-state index in [1.54, 1.807) is 36.3 Å². The highest BCUT2D eigenvalue weighted by Crippen LogP contribution is 2.39. The zero-order valence-electron chi connectivity index (χ0n) is 21.0. The van der Waals surface area contributed by atoms with Crippen molar-refractivity contribution in [3.63, 3.8) is 0 Å². The minimum absolute atomic E-state index is 0.290. The number of fused-ring (bicyclic) bond motifs is 3. The van der Waals surface area contributed by atoms with E-state index in [0.29, 0.717) is 18.0 Å². The lowest BCUT2D eigenvalue weighted by Gasteiger charge is -2.31. The Bertz CT molecular complexity index is 1610. The number of urea groups is 1. The average Bonchev–Trinajstić information content (AvgIpc) is 3.50. The number of rotatable bonds is 4. The summed E-state index contributed by atoms with van der Waals surface area (Å²) in [5.74, 6) is 1.10. The molecule has 38 heavy (non-hydrogen) atoms. The molecule has 0 bridgehead atoms. The fourth-order valence-corrected chi connectivity index (χ4v) is 5.08. The van der Waals surface area contributed by atoms with E-state index in [1.165, 1.54) is 12.1 Å². The van der Waals surface area contributed by atoms with Gasteiger partial charge < -0.3 is 19.5 Å². The molecular weight excluding hydrogens is 481 g/mol. The fraction of sp³-hybridized carbons (Fsp3) is 0.133. The van der Waals surface area contributed by atoms with Crippen molar-refractivity contribution in [2.24, 2.45) is 0 Å². The lowest BCUT2D eigenvalue weighted by molar-refractivity contribution is 0.194. The lowest BCUT2D eigenvalue weighted by Crippen LogP contribution is -2.38. The van der Waals surface area contributed by atoms with Crippen LogP contribution in [0.3, 0.4) is 0 Å².